The molecular weight excluding hydrogens is 455 g/mol. The Hall–Kier alpha value is -2.68. The first kappa shape index (κ1) is 21.5. The van der Waals surface area contributed by atoms with Crippen LogP contribution in [-0.4, -0.2) is 20.9 Å². The van der Waals surface area contributed by atoms with Crippen LogP contribution < -0.4 is 5.73 Å². The van der Waals surface area contributed by atoms with E-state index in [1.807, 2.05) is 30.6 Å². The summed E-state index contributed by atoms with van der Waals surface area (Å²) < 4.78 is 13.9. The third-order valence-electron chi connectivity index (χ3n) is 4.71. The van der Waals surface area contributed by atoms with Crippen molar-refractivity contribution in [2.75, 3.05) is 0 Å². The molecule has 0 aliphatic carbocycles. The lowest BCUT2D eigenvalue weighted by atomic mass is 10.0. The van der Waals surface area contributed by atoms with Gasteiger partial charge in [-0.2, -0.15) is 0 Å². The van der Waals surface area contributed by atoms with Crippen LogP contribution in [0.15, 0.2) is 41.9 Å². The molecule has 9 heteroatoms. The smallest absolute Gasteiger partial charge is 0.277 e. The number of primary amides is 1. The van der Waals surface area contributed by atoms with Crippen molar-refractivity contribution < 1.29 is 9.18 Å². The van der Waals surface area contributed by atoms with E-state index >= 15 is 0 Å². The largest absolute Gasteiger partial charge is 0.364 e. The van der Waals surface area contributed by atoms with Crippen molar-refractivity contribution in [3.63, 3.8) is 0 Å². The number of carbonyl (C=O) groups is 1. The molecule has 0 saturated carbocycles. The maximum atomic E-state index is 13.9. The zero-order chi connectivity index (χ0) is 22.0. The molecular formula is C22H18ClFN4OS2. The standard InChI is InChI=1S/C22H18ClFN4OS2/c1-12-20(31-22(27-12)21(25)29)18-11-30-19(28-18)9-16-7-3-13(10-26-16)2-4-14-5-6-15(23)8-17(14)24/h3,5-8,10-11H,2,4,9H2,1H3,(H2,25,29). The third kappa shape index (κ3) is 5.15. The first-order chi connectivity index (χ1) is 14.9. The van der Waals surface area contributed by atoms with Crippen LogP contribution in [-0.2, 0) is 19.3 Å². The SMILES string of the molecule is Cc1nc(C(N)=O)sc1-c1csc(Cc2ccc(CCc3ccc(Cl)cc3F)cn2)n1. The molecule has 0 radical (unpaired) electrons. The molecule has 0 saturated heterocycles. The number of aryl methyl sites for hydroxylation is 3. The summed E-state index contributed by atoms with van der Waals surface area (Å²) in [7, 11) is 0. The van der Waals surface area contributed by atoms with Crippen molar-refractivity contribution in [1.29, 1.82) is 0 Å². The van der Waals surface area contributed by atoms with Crippen molar-refractivity contribution >= 4 is 40.2 Å². The first-order valence-electron chi connectivity index (χ1n) is 9.49. The number of hydrogen-bond acceptors (Lipinski definition) is 6. The third-order valence-corrected chi connectivity index (χ3v) is 6.99. The van der Waals surface area contributed by atoms with Gasteiger partial charge in [-0.15, -0.1) is 22.7 Å². The number of halogens is 2. The highest BCUT2D eigenvalue weighted by atomic mass is 35.5. The van der Waals surface area contributed by atoms with Crippen molar-refractivity contribution in [2.24, 2.45) is 5.73 Å². The summed E-state index contributed by atoms with van der Waals surface area (Å²) in [5.41, 5.74) is 9.44. The highest BCUT2D eigenvalue weighted by molar-refractivity contribution is 7.17. The van der Waals surface area contributed by atoms with E-state index in [0.717, 1.165) is 32.5 Å². The molecule has 5 nitrogen and oxygen atoms in total. The average molecular weight is 473 g/mol. The summed E-state index contributed by atoms with van der Waals surface area (Å²) in [6.45, 7) is 1.84. The Morgan fingerprint density at radius 1 is 1.19 bits per heavy atom. The Morgan fingerprint density at radius 2 is 2.03 bits per heavy atom. The minimum atomic E-state index is -0.530. The van der Waals surface area contributed by atoms with E-state index < -0.39 is 5.91 Å². The van der Waals surface area contributed by atoms with Crippen molar-refractivity contribution in [3.05, 3.63) is 85.3 Å². The van der Waals surface area contributed by atoms with E-state index in [1.54, 1.807) is 12.1 Å². The number of carbonyl (C=O) groups excluding carboxylic acids is 1. The molecule has 0 aliphatic heterocycles. The molecule has 0 bridgehead atoms. The van der Waals surface area contributed by atoms with Gasteiger partial charge in [0.05, 0.1) is 21.3 Å². The van der Waals surface area contributed by atoms with Gasteiger partial charge in [0.25, 0.3) is 5.91 Å². The number of pyridine rings is 1. The van der Waals surface area contributed by atoms with Gasteiger partial charge >= 0.3 is 0 Å². The number of benzene rings is 1. The number of amides is 1. The van der Waals surface area contributed by atoms with Gasteiger partial charge in [-0.25, -0.2) is 14.4 Å². The molecule has 2 N–H and O–H groups in total. The summed E-state index contributed by atoms with van der Waals surface area (Å²) in [5.74, 6) is -0.811. The lowest BCUT2D eigenvalue weighted by molar-refractivity contribution is 0.1000. The number of nitrogens with two attached hydrogens (primary N) is 1. The molecule has 1 amide bonds. The van der Waals surface area contributed by atoms with Crippen molar-refractivity contribution in [2.45, 2.75) is 26.2 Å². The number of aromatic nitrogens is 3. The minimum Gasteiger partial charge on any atom is -0.364 e. The first-order valence-corrected chi connectivity index (χ1v) is 11.6. The molecule has 0 spiro atoms. The Kier molecular flexibility index (Phi) is 6.41. The molecule has 3 aromatic heterocycles. The van der Waals surface area contributed by atoms with Crippen molar-refractivity contribution in [3.8, 4) is 10.6 Å². The summed E-state index contributed by atoms with van der Waals surface area (Å²) >= 11 is 8.60. The Balaban J connectivity index is 1.40. The maximum Gasteiger partial charge on any atom is 0.277 e. The van der Waals surface area contributed by atoms with Gasteiger partial charge in [-0.3, -0.25) is 9.78 Å². The summed E-state index contributed by atoms with van der Waals surface area (Å²) in [4.78, 5) is 25.6. The van der Waals surface area contributed by atoms with Crippen LogP contribution in [0, 0.1) is 12.7 Å². The second-order valence-electron chi connectivity index (χ2n) is 6.99. The van der Waals surface area contributed by atoms with Crippen LogP contribution in [0.5, 0.6) is 0 Å². The molecule has 4 aromatic rings. The molecule has 0 fully saturated rings. The van der Waals surface area contributed by atoms with E-state index in [0.29, 0.717) is 29.8 Å². The average Bonchev–Trinajstić information content (AvgIpc) is 3.35. The quantitative estimate of drug-likeness (QED) is 0.399. The normalized spacial score (nSPS) is 11.1. The minimum absolute atomic E-state index is 0.282. The predicted octanol–water partition coefficient (Wildman–Crippen LogP) is 5.24. The van der Waals surface area contributed by atoms with Crippen LogP contribution in [0.25, 0.3) is 10.6 Å². The van der Waals surface area contributed by atoms with Gasteiger partial charge in [-0.1, -0.05) is 23.7 Å². The van der Waals surface area contributed by atoms with Gasteiger partial charge in [-0.05, 0) is 49.1 Å². The van der Waals surface area contributed by atoms with Crippen LogP contribution in [0.2, 0.25) is 5.02 Å². The van der Waals surface area contributed by atoms with Crippen LogP contribution in [0.4, 0.5) is 4.39 Å². The second-order valence-corrected chi connectivity index (χ2v) is 9.37. The summed E-state index contributed by atoms with van der Waals surface area (Å²) in [6, 6.07) is 8.74. The fraction of sp³-hybridized carbons (Fsp3) is 0.182. The number of rotatable bonds is 7. The van der Waals surface area contributed by atoms with Gasteiger partial charge < -0.3 is 5.73 Å². The van der Waals surface area contributed by atoms with E-state index in [1.165, 1.54) is 28.7 Å². The fourth-order valence-electron chi connectivity index (χ4n) is 3.10. The lowest BCUT2D eigenvalue weighted by Gasteiger charge is -2.05. The Bertz CT molecular complexity index is 1240. The molecule has 0 aliphatic rings. The topological polar surface area (TPSA) is 81.8 Å². The molecule has 158 valence electrons. The second kappa shape index (κ2) is 9.21. The molecule has 31 heavy (non-hydrogen) atoms. The monoisotopic (exact) mass is 472 g/mol. The van der Waals surface area contributed by atoms with Crippen LogP contribution in [0.1, 0.15) is 37.3 Å². The van der Waals surface area contributed by atoms with Gasteiger partial charge in [0.1, 0.15) is 5.82 Å². The van der Waals surface area contributed by atoms with E-state index in [-0.39, 0.29) is 10.8 Å². The number of thiazole rings is 2. The van der Waals surface area contributed by atoms with E-state index in [4.69, 9.17) is 17.3 Å². The zero-order valence-corrected chi connectivity index (χ0v) is 19.0. The summed E-state index contributed by atoms with van der Waals surface area (Å²) in [5, 5.41) is 3.57. The van der Waals surface area contributed by atoms with E-state index in [2.05, 4.69) is 15.0 Å². The van der Waals surface area contributed by atoms with Gasteiger partial charge in [0.15, 0.2) is 5.01 Å². The van der Waals surface area contributed by atoms with Crippen LogP contribution >= 0.6 is 34.3 Å². The van der Waals surface area contributed by atoms with Gasteiger partial charge in [0.2, 0.25) is 0 Å². The number of hydrogen-bond donors (Lipinski definition) is 1. The highest BCUT2D eigenvalue weighted by Gasteiger charge is 2.16. The van der Waals surface area contributed by atoms with Gasteiger partial charge in [0, 0.05) is 28.7 Å². The lowest BCUT2D eigenvalue weighted by Crippen LogP contribution is -2.10. The van der Waals surface area contributed by atoms with E-state index in [9.17, 15) is 9.18 Å². The Labute approximate surface area is 191 Å². The zero-order valence-electron chi connectivity index (χ0n) is 16.6. The fourth-order valence-corrected chi connectivity index (χ4v) is 5.01. The molecule has 0 atom stereocenters. The number of nitrogens with zero attached hydrogens (tertiary/aromatic N) is 3. The predicted molar refractivity (Wildman–Crippen MR) is 122 cm³/mol. The molecule has 1 aromatic carbocycles. The molecule has 4 rings (SSSR count). The van der Waals surface area contributed by atoms with Crippen LogP contribution in [0.3, 0.4) is 0 Å². The maximum absolute atomic E-state index is 13.9. The van der Waals surface area contributed by atoms with Crippen molar-refractivity contribution in [1.82, 2.24) is 15.0 Å². The highest BCUT2D eigenvalue weighted by Crippen LogP contribution is 2.31. The molecule has 3 heterocycles. The Morgan fingerprint density at radius 3 is 2.71 bits per heavy atom. The summed E-state index contributed by atoms with van der Waals surface area (Å²) in [6.07, 6.45) is 3.71. The molecule has 0 unspecified atom stereocenters.